The highest BCUT2D eigenvalue weighted by Crippen LogP contribution is 2.38. The number of hydrogen-bond donors (Lipinski definition) is 0. The van der Waals surface area contributed by atoms with E-state index in [4.69, 9.17) is 4.42 Å². The van der Waals surface area contributed by atoms with Gasteiger partial charge in [0.05, 0.1) is 18.3 Å². The highest BCUT2D eigenvalue weighted by atomic mass is 19.1. The average Bonchev–Trinajstić information content (AvgIpc) is 3.23. The Kier molecular flexibility index (Phi) is 3.55. The first kappa shape index (κ1) is 15.5. The lowest BCUT2D eigenvalue weighted by Crippen LogP contribution is -2.37. The summed E-state index contributed by atoms with van der Waals surface area (Å²) in [7, 11) is 0. The first-order valence-corrected chi connectivity index (χ1v) is 9.08. The highest BCUT2D eigenvalue weighted by Gasteiger charge is 2.30. The number of oxazole rings is 1. The van der Waals surface area contributed by atoms with Crippen molar-refractivity contribution in [2.45, 2.75) is 44.2 Å². The molecule has 6 nitrogen and oxygen atoms in total. The largest absolute Gasteiger partial charge is 0.423 e. The smallest absolute Gasteiger partial charge is 0.298 e. The molecule has 0 spiro atoms. The second-order valence-corrected chi connectivity index (χ2v) is 7.15. The zero-order valence-electron chi connectivity index (χ0n) is 14.3. The second kappa shape index (κ2) is 5.93. The van der Waals surface area contributed by atoms with Gasteiger partial charge in [0, 0.05) is 24.6 Å². The Morgan fingerprint density at radius 2 is 2.08 bits per heavy atom. The molecule has 7 heteroatoms. The predicted molar refractivity (Wildman–Crippen MR) is 94.8 cm³/mol. The average molecular weight is 354 g/mol. The molecule has 1 saturated heterocycles. The van der Waals surface area contributed by atoms with Crippen molar-refractivity contribution in [3.05, 3.63) is 52.2 Å². The van der Waals surface area contributed by atoms with Gasteiger partial charge in [-0.1, -0.05) is 0 Å². The minimum atomic E-state index is -0.342. The Morgan fingerprint density at radius 3 is 2.92 bits per heavy atom. The molecular formula is C19H19FN4O2. The molecule has 1 aliphatic carbocycles. The van der Waals surface area contributed by atoms with Gasteiger partial charge in [-0.05, 0) is 43.9 Å². The van der Waals surface area contributed by atoms with Crippen LogP contribution < -0.4 is 10.5 Å². The van der Waals surface area contributed by atoms with Crippen LogP contribution in [0.3, 0.4) is 0 Å². The molecule has 0 bridgehead atoms. The molecule has 0 radical (unpaired) electrons. The Morgan fingerprint density at radius 1 is 1.19 bits per heavy atom. The Bertz CT molecular complexity index is 1020. The summed E-state index contributed by atoms with van der Waals surface area (Å²) in [4.78, 5) is 18.8. The van der Waals surface area contributed by atoms with E-state index in [2.05, 4.69) is 15.0 Å². The molecule has 1 unspecified atom stereocenters. The molecule has 26 heavy (non-hydrogen) atoms. The van der Waals surface area contributed by atoms with E-state index in [-0.39, 0.29) is 17.4 Å². The van der Waals surface area contributed by atoms with Crippen LogP contribution in [0.2, 0.25) is 0 Å². The van der Waals surface area contributed by atoms with Crippen LogP contribution >= 0.6 is 0 Å². The van der Waals surface area contributed by atoms with Gasteiger partial charge in [0.2, 0.25) is 0 Å². The molecule has 2 aromatic heterocycles. The predicted octanol–water partition coefficient (Wildman–Crippen LogP) is 3.07. The van der Waals surface area contributed by atoms with E-state index < -0.39 is 0 Å². The van der Waals surface area contributed by atoms with Crippen molar-refractivity contribution in [2.24, 2.45) is 0 Å². The second-order valence-electron chi connectivity index (χ2n) is 7.15. The summed E-state index contributed by atoms with van der Waals surface area (Å²) in [5.41, 5.74) is 2.00. The molecule has 2 aliphatic rings. The fraction of sp³-hybridized carbons (Fsp3) is 0.421. The summed E-state index contributed by atoms with van der Waals surface area (Å²) in [5.74, 6) is 0.166. The standard InChI is InChI=1S/C19H19FN4O2/c20-13-5-6-16-17(10-13)26-19(21-16)23-9-1-2-14(23)11-24-18(25)8-7-15(22-24)12-3-4-12/h5-8,10,12,14H,1-4,9,11H2. The van der Waals surface area contributed by atoms with Crippen molar-refractivity contribution in [1.82, 2.24) is 14.8 Å². The van der Waals surface area contributed by atoms with Crippen LogP contribution in [0.4, 0.5) is 10.4 Å². The van der Waals surface area contributed by atoms with Gasteiger partial charge in [-0.15, -0.1) is 0 Å². The van der Waals surface area contributed by atoms with Crippen molar-refractivity contribution in [2.75, 3.05) is 11.4 Å². The summed E-state index contributed by atoms with van der Waals surface area (Å²) in [5, 5.41) is 4.56. The van der Waals surface area contributed by atoms with Crippen LogP contribution in [0.1, 0.15) is 37.3 Å². The number of fused-ring (bicyclic) bond motifs is 1. The van der Waals surface area contributed by atoms with Crippen LogP contribution in [0.15, 0.2) is 39.5 Å². The summed E-state index contributed by atoms with van der Waals surface area (Å²) in [6.45, 7) is 1.31. The molecular weight excluding hydrogens is 335 g/mol. The van der Waals surface area contributed by atoms with Gasteiger partial charge < -0.3 is 9.32 Å². The first-order chi connectivity index (χ1) is 12.7. The fourth-order valence-electron chi connectivity index (χ4n) is 3.68. The molecule has 0 amide bonds. The van der Waals surface area contributed by atoms with Gasteiger partial charge in [0.1, 0.15) is 11.3 Å². The Labute approximate surface area is 149 Å². The molecule has 1 aromatic carbocycles. The fourth-order valence-corrected chi connectivity index (χ4v) is 3.68. The Balaban J connectivity index is 1.43. The maximum atomic E-state index is 13.4. The van der Waals surface area contributed by atoms with Crippen molar-refractivity contribution >= 4 is 17.1 Å². The van der Waals surface area contributed by atoms with Gasteiger partial charge >= 0.3 is 0 Å². The van der Waals surface area contributed by atoms with Crippen molar-refractivity contribution < 1.29 is 8.81 Å². The van der Waals surface area contributed by atoms with Crippen molar-refractivity contribution in [3.8, 4) is 0 Å². The van der Waals surface area contributed by atoms with Crippen LogP contribution in [-0.4, -0.2) is 27.4 Å². The lowest BCUT2D eigenvalue weighted by atomic mass is 10.2. The first-order valence-electron chi connectivity index (χ1n) is 9.08. The monoisotopic (exact) mass is 354 g/mol. The van der Waals surface area contributed by atoms with Gasteiger partial charge in [-0.25, -0.2) is 9.07 Å². The van der Waals surface area contributed by atoms with E-state index in [0.29, 0.717) is 29.6 Å². The number of halogens is 1. The third-order valence-electron chi connectivity index (χ3n) is 5.23. The molecule has 3 aromatic rings. The van der Waals surface area contributed by atoms with Crippen molar-refractivity contribution in [3.63, 3.8) is 0 Å². The lowest BCUT2D eigenvalue weighted by Gasteiger charge is -2.23. The summed E-state index contributed by atoms with van der Waals surface area (Å²) < 4.78 is 20.7. The van der Waals surface area contributed by atoms with Gasteiger partial charge in [0.25, 0.3) is 11.6 Å². The lowest BCUT2D eigenvalue weighted by molar-refractivity contribution is 0.460. The minimum absolute atomic E-state index is 0.0825. The third-order valence-corrected chi connectivity index (χ3v) is 5.23. The molecule has 5 rings (SSSR count). The van der Waals surface area contributed by atoms with E-state index in [1.54, 1.807) is 16.8 Å². The summed E-state index contributed by atoms with van der Waals surface area (Å²) in [6, 6.07) is 8.38. The van der Waals surface area contributed by atoms with Crippen molar-refractivity contribution in [1.29, 1.82) is 0 Å². The normalized spacial score (nSPS) is 20.2. The molecule has 0 N–H and O–H groups in total. The quantitative estimate of drug-likeness (QED) is 0.720. The van der Waals surface area contributed by atoms with E-state index in [9.17, 15) is 9.18 Å². The maximum Gasteiger partial charge on any atom is 0.298 e. The summed E-state index contributed by atoms with van der Waals surface area (Å²) in [6.07, 6.45) is 4.24. The van der Waals surface area contributed by atoms with Gasteiger partial charge in [-0.3, -0.25) is 4.79 Å². The number of rotatable bonds is 4. The highest BCUT2D eigenvalue weighted by molar-refractivity contribution is 5.74. The molecule has 1 aliphatic heterocycles. The minimum Gasteiger partial charge on any atom is -0.423 e. The topological polar surface area (TPSA) is 64.2 Å². The van der Waals surface area contributed by atoms with Crippen LogP contribution in [0.5, 0.6) is 0 Å². The molecule has 1 atom stereocenters. The van der Waals surface area contributed by atoms with Gasteiger partial charge in [0.15, 0.2) is 5.58 Å². The maximum absolute atomic E-state index is 13.4. The molecule has 1 saturated carbocycles. The van der Waals surface area contributed by atoms with Crippen LogP contribution in [0.25, 0.3) is 11.1 Å². The molecule has 3 heterocycles. The zero-order chi connectivity index (χ0) is 17.7. The number of anilines is 1. The number of hydrogen-bond acceptors (Lipinski definition) is 5. The van der Waals surface area contributed by atoms with Gasteiger partial charge in [-0.2, -0.15) is 10.1 Å². The van der Waals surface area contributed by atoms with Crippen LogP contribution in [0, 0.1) is 5.82 Å². The third kappa shape index (κ3) is 2.77. The molecule has 134 valence electrons. The number of nitrogens with zero attached hydrogens (tertiary/aromatic N) is 4. The number of aromatic nitrogens is 3. The van der Waals surface area contributed by atoms with E-state index >= 15 is 0 Å². The molecule has 2 fully saturated rings. The SMILES string of the molecule is O=c1ccc(C2CC2)nn1CC1CCCN1c1nc2ccc(F)cc2o1. The van der Waals surface area contributed by atoms with E-state index in [0.717, 1.165) is 37.9 Å². The zero-order valence-corrected chi connectivity index (χ0v) is 14.3. The summed E-state index contributed by atoms with van der Waals surface area (Å²) >= 11 is 0. The van der Waals surface area contributed by atoms with Crippen LogP contribution in [-0.2, 0) is 6.54 Å². The van der Waals surface area contributed by atoms with E-state index in [1.165, 1.54) is 12.1 Å². The number of benzene rings is 1. The van der Waals surface area contributed by atoms with E-state index in [1.807, 2.05) is 6.07 Å². The Hall–Kier alpha value is -2.70.